The predicted octanol–water partition coefficient (Wildman–Crippen LogP) is 0.811. The summed E-state index contributed by atoms with van der Waals surface area (Å²) >= 11 is 1.52. The molecule has 16 heavy (non-hydrogen) atoms. The van der Waals surface area contributed by atoms with E-state index in [0.717, 1.165) is 18.4 Å². The van der Waals surface area contributed by atoms with Crippen LogP contribution in [-0.4, -0.2) is 23.1 Å². The number of nitrogens with two attached hydrogens (primary N) is 1. The Morgan fingerprint density at radius 3 is 2.88 bits per heavy atom. The summed E-state index contributed by atoms with van der Waals surface area (Å²) in [5.41, 5.74) is 5.88. The lowest BCUT2D eigenvalue weighted by Crippen LogP contribution is -2.44. The zero-order chi connectivity index (χ0) is 10.9. The molecule has 1 fully saturated rings. The van der Waals surface area contributed by atoms with Crippen molar-refractivity contribution in [1.82, 2.24) is 5.32 Å². The van der Waals surface area contributed by atoms with Gasteiger partial charge in [-0.25, -0.2) is 0 Å². The number of aliphatic hydroxyl groups is 1. The van der Waals surface area contributed by atoms with Gasteiger partial charge in [-0.05, 0) is 35.2 Å². The molecule has 1 unspecified atom stereocenters. The van der Waals surface area contributed by atoms with Gasteiger partial charge in [0.15, 0.2) is 0 Å². The van der Waals surface area contributed by atoms with E-state index in [0.29, 0.717) is 0 Å². The summed E-state index contributed by atoms with van der Waals surface area (Å²) in [5.74, 6) is -0.156. The maximum atomic E-state index is 11.5. The summed E-state index contributed by atoms with van der Waals surface area (Å²) in [6, 6.07) is 1.84. The minimum Gasteiger partial charge on any atom is -0.387 e. The zero-order valence-electron chi connectivity index (χ0n) is 8.68. The molecule has 2 rings (SSSR count). The lowest BCUT2D eigenvalue weighted by molar-refractivity contribution is -0.123. The van der Waals surface area contributed by atoms with E-state index in [9.17, 15) is 9.90 Å². The molecule has 6 heteroatoms. The van der Waals surface area contributed by atoms with Crippen LogP contribution in [0.25, 0.3) is 0 Å². The Kier molecular flexibility index (Phi) is 4.32. The highest BCUT2D eigenvalue weighted by Gasteiger charge is 2.45. The van der Waals surface area contributed by atoms with Crippen LogP contribution in [0.4, 0.5) is 0 Å². The molecule has 1 aromatic rings. The van der Waals surface area contributed by atoms with Crippen LogP contribution in [0, 0.1) is 0 Å². The van der Waals surface area contributed by atoms with Crippen molar-refractivity contribution >= 4 is 29.7 Å². The lowest BCUT2D eigenvalue weighted by Gasteiger charge is -2.13. The number of halogens is 1. The second kappa shape index (κ2) is 5.14. The highest BCUT2D eigenvalue weighted by molar-refractivity contribution is 7.07. The summed E-state index contributed by atoms with van der Waals surface area (Å²) < 4.78 is 0. The van der Waals surface area contributed by atoms with Crippen LogP contribution < -0.4 is 11.1 Å². The number of amides is 1. The van der Waals surface area contributed by atoms with E-state index in [-0.39, 0.29) is 24.9 Å². The molecule has 0 spiro atoms. The third-order valence-electron chi connectivity index (χ3n) is 2.62. The third-order valence-corrected chi connectivity index (χ3v) is 3.33. The Balaban J connectivity index is 0.00000128. The number of carbonyl (C=O) groups excluding carboxylic acids is 1. The minimum atomic E-state index is -0.658. The van der Waals surface area contributed by atoms with Crippen molar-refractivity contribution in [3.63, 3.8) is 0 Å². The molecule has 1 aliphatic carbocycles. The fourth-order valence-corrected chi connectivity index (χ4v) is 2.02. The minimum absolute atomic E-state index is 0. The molecular weight excluding hydrogens is 248 g/mol. The number of hydrogen-bond donors (Lipinski definition) is 3. The Morgan fingerprint density at radius 2 is 2.38 bits per heavy atom. The number of aliphatic hydroxyl groups excluding tert-OH is 1. The number of carbonyl (C=O) groups is 1. The fourth-order valence-electron chi connectivity index (χ4n) is 1.31. The summed E-state index contributed by atoms with van der Waals surface area (Å²) in [6.45, 7) is 0.231. The van der Waals surface area contributed by atoms with E-state index in [1.54, 1.807) is 0 Å². The molecule has 1 atom stereocenters. The SMILES string of the molecule is Cl.NC1(C(=O)NCC(O)c2ccsc2)CC1. The van der Waals surface area contributed by atoms with Gasteiger partial charge in [-0.3, -0.25) is 4.79 Å². The van der Waals surface area contributed by atoms with Crippen molar-refractivity contribution in [1.29, 1.82) is 0 Å². The van der Waals surface area contributed by atoms with Crippen LogP contribution in [-0.2, 0) is 4.79 Å². The van der Waals surface area contributed by atoms with Crippen molar-refractivity contribution < 1.29 is 9.90 Å². The second-order valence-electron chi connectivity index (χ2n) is 3.94. The van der Waals surface area contributed by atoms with Gasteiger partial charge in [0.1, 0.15) is 0 Å². The van der Waals surface area contributed by atoms with Crippen molar-refractivity contribution in [2.24, 2.45) is 5.73 Å². The molecule has 4 nitrogen and oxygen atoms in total. The topological polar surface area (TPSA) is 75.4 Å². The summed E-state index contributed by atoms with van der Waals surface area (Å²) in [4.78, 5) is 11.5. The van der Waals surface area contributed by atoms with Gasteiger partial charge in [-0.1, -0.05) is 0 Å². The second-order valence-corrected chi connectivity index (χ2v) is 4.72. The summed E-state index contributed by atoms with van der Waals surface area (Å²) in [7, 11) is 0. The molecule has 1 amide bonds. The Labute approximate surface area is 104 Å². The van der Waals surface area contributed by atoms with Crippen LogP contribution in [0.5, 0.6) is 0 Å². The smallest absolute Gasteiger partial charge is 0.240 e. The maximum Gasteiger partial charge on any atom is 0.240 e. The first-order chi connectivity index (χ1) is 7.12. The molecule has 1 aromatic heterocycles. The quantitative estimate of drug-likeness (QED) is 0.752. The van der Waals surface area contributed by atoms with Gasteiger partial charge in [0, 0.05) is 6.54 Å². The predicted molar refractivity (Wildman–Crippen MR) is 65.7 cm³/mol. The number of rotatable bonds is 4. The van der Waals surface area contributed by atoms with Crippen molar-refractivity contribution in [2.75, 3.05) is 6.54 Å². The maximum absolute atomic E-state index is 11.5. The van der Waals surface area contributed by atoms with E-state index < -0.39 is 11.6 Å². The van der Waals surface area contributed by atoms with E-state index >= 15 is 0 Å². The number of nitrogens with one attached hydrogen (secondary N) is 1. The number of thiophene rings is 1. The van der Waals surface area contributed by atoms with Gasteiger partial charge in [0.2, 0.25) is 5.91 Å². The molecule has 0 bridgehead atoms. The first kappa shape index (κ1) is 13.4. The average molecular weight is 263 g/mol. The molecule has 90 valence electrons. The van der Waals surface area contributed by atoms with E-state index in [2.05, 4.69) is 5.32 Å². The molecule has 4 N–H and O–H groups in total. The highest BCUT2D eigenvalue weighted by Crippen LogP contribution is 2.32. The van der Waals surface area contributed by atoms with Gasteiger partial charge < -0.3 is 16.2 Å². The first-order valence-corrected chi connectivity index (χ1v) is 5.83. The van der Waals surface area contributed by atoms with E-state index in [1.807, 2.05) is 16.8 Å². The largest absolute Gasteiger partial charge is 0.387 e. The van der Waals surface area contributed by atoms with Gasteiger partial charge in [-0.2, -0.15) is 11.3 Å². The van der Waals surface area contributed by atoms with Crippen molar-refractivity contribution in [3.05, 3.63) is 22.4 Å². The first-order valence-electron chi connectivity index (χ1n) is 4.89. The Bertz CT molecular complexity index is 352. The van der Waals surface area contributed by atoms with Gasteiger partial charge in [-0.15, -0.1) is 12.4 Å². The molecule has 0 saturated heterocycles. The summed E-state index contributed by atoms with van der Waals surface area (Å²) in [5, 5.41) is 16.1. The van der Waals surface area contributed by atoms with Gasteiger partial charge >= 0.3 is 0 Å². The number of hydrogen-bond acceptors (Lipinski definition) is 4. The Morgan fingerprint density at radius 1 is 1.69 bits per heavy atom. The standard InChI is InChI=1S/C10H14N2O2S.ClH/c11-10(2-3-10)9(14)12-5-8(13)7-1-4-15-6-7;/h1,4,6,8,13H,2-3,5,11H2,(H,12,14);1H. The molecule has 0 aliphatic heterocycles. The third kappa shape index (κ3) is 2.95. The average Bonchev–Trinajstić information content (AvgIpc) is 2.79. The van der Waals surface area contributed by atoms with Crippen LogP contribution in [0.15, 0.2) is 16.8 Å². The van der Waals surface area contributed by atoms with Gasteiger partial charge in [0.05, 0.1) is 11.6 Å². The van der Waals surface area contributed by atoms with Crippen molar-refractivity contribution in [2.45, 2.75) is 24.5 Å². The molecule has 0 radical (unpaired) electrons. The molecule has 1 aliphatic rings. The molecule has 1 heterocycles. The summed E-state index contributed by atoms with van der Waals surface area (Å²) in [6.07, 6.45) is 0.850. The van der Waals surface area contributed by atoms with Crippen LogP contribution >= 0.6 is 23.7 Å². The van der Waals surface area contributed by atoms with Crippen LogP contribution in [0.2, 0.25) is 0 Å². The monoisotopic (exact) mass is 262 g/mol. The fraction of sp³-hybridized carbons (Fsp3) is 0.500. The highest BCUT2D eigenvalue weighted by atomic mass is 35.5. The van der Waals surface area contributed by atoms with E-state index in [1.165, 1.54) is 11.3 Å². The zero-order valence-corrected chi connectivity index (χ0v) is 10.3. The molecular formula is C10H15ClN2O2S. The van der Waals surface area contributed by atoms with Crippen LogP contribution in [0.3, 0.4) is 0 Å². The normalized spacial score (nSPS) is 18.4. The lowest BCUT2D eigenvalue weighted by atomic mass is 10.2. The Hall–Kier alpha value is -0.620. The van der Waals surface area contributed by atoms with E-state index in [4.69, 9.17) is 5.73 Å². The molecule has 1 saturated carbocycles. The van der Waals surface area contributed by atoms with Crippen LogP contribution in [0.1, 0.15) is 24.5 Å². The van der Waals surface area contributed by atoms with Crippen molar-refractivity contribution in [3.8, 4) is 0 Å². The molecule has 0 aromatic carbocycles. The van der Waals surface area contributed by atoms with Gasteiger partial charge in [0.25, 0.3) is 0 Å².